The number of carbonyl (C=O) groups excluding carboxylic acids is 4. The summed E-state index contributed by atoms with van der Waals surface area (Å²) in [4.78, 5) is 36.5. The molecule has 0 heterocycles. The molecule has 0 spiro atoms. The Bertz CT molecular complexity index is 211. The second-order valence-corrected chi connectivity index (χ2v) is 2.40. The molecule has 0 radical (unpaired) electrons. The second kappa shape index (κ2) is 25.3. The molecule has 0 saturated heterocycles. The van der Waals surface area contributed by atoms with Crippen LogP contribution in [0.2, 0.25) is 0 Å². The predicted octanol–water partition coefficient (Wildman–Crippen LogP) is -3.54. The van der Waals surface area contributed by atoms with Crippen LogP contribution in [-0.4, -0.2) is 47.8 Å². The van der Waals surface area contributed by atoms with Crippen LogP contribution in [0.4, 0.5) is 0 Å². The summed E-state index contributed by atoms with van der Waals surface area (Å²) < 4.78 is 4.40. The number of hydrogen-bond acceptors (Lipinski definition) is 8. The van der Waals surface area contributed by atoms with Gasteiger partial charge in [-0.05, 0) is 27.7 Å². The Hall–Kier alpha value is -1.59. The molecule has 0 amide bonds. The van der Waals surface area contributed by atoms with Crippen molar-refractivity contribution in [2.45, 2.75) is 34.6 Å². The number of aliphatic carboxylic acids is 3. The molecule has 8 nitrogen and oxygen atoms in total. The van der Waals surface area contributed by atoms with Gasteiger partial charge in [-0.15, -0.1) is 0 Å². The molecule has 0 saturated carbocycles. The molecule has 0 fully saturated rings. The molecule has 0 N–H and O–H groups in total. The van der Waals surface area contributed by atoms with E-state index >= 15 is 0 Å². The summed E-state index contributed by atoms with van der Waals surface area (Å²) in [7, 11) is 0. The van der Waals surface area contributed by atoms with Crippen molar-refractivity contribution in [1.82, 2.24) is 0 Å². The monoisotopic (exact) mass is 292 g/mol. The van der Waals surface area contributed by atoms with Crippen LogP contribution >= 0.6 is 0 Å². The molecule has 108 valence electrons. The summed E-state index contributed by atoms with van der Waals surface area (Å²) in [5, 5.41) is 26.7. The van der Waals surface area contributed by atoms with Crippen LogP contribution in [0.3, 0.4) is 0 Å². The van der Waals surface area contributed by atoms with Crippen LogP contribution in [-0.2, 0) is 23.9 Å². The van der Waals surface area contributed by atoms with Gasteiger partial charge in [-0.2, -0.15) is 0 Å². The summed E-state index contributed by atoms with van der Waals surface area (Å²) in [5.74, 6) is -3.46. The van der Waals surface area contributed by atoms with E-state index in [2.05, 4.69) is 4.74 Å². The van der Waals surface area contributed by atoms with E-state index < -0.39 is 17.9 Å². The van der Waals surface area contributed by atoms with Crippen molar-refractivity contribution >= 4 is 41.2 Å². The molecule has 9 heteroatoms. The first kappa shape index (κ1) is 30.4. The molecule has 0 aromatic heterocycles. The van der Waals surface area contributed by atoms with Gasteiger partial charge >= 0.3 is 23.3 Å². The molecule has 0 aromatic rings. The normalized spacial score (nSPS) is 6.37. The van der Waals surface area contributed by atoms with Gasteiger partial charge in [0.25, 0.3) is 0 Å². The molecule has 0 rings (SSSR count). The van der Waals surface area contributed by atoms with Crippen molar-refractivity contribution in [1.29, 1.82) is 0 Å². The zero-order valence-corrected chi connectivity index (χ0v) is 12.7. The van der Waals surface area contributed by atoms with E-state index in [0.29, 0.717) is 6.61 Å². The number of carboxylic acid groups (broad SMARTS) is 3. The zero-order chi connectivity index (χ0) is 15.7. The fourth-order valence-electron chi connectivity index (χ4n) is 0.203. The van der Waals surface area contributed by atoms with Gasteiger partial charge in [0.05, 0.1) is 6.61 Å². The second-order valence-electron chi connectivity index (χ2n) is 2.40. The first-order valence-corrected chi connectivity index (χ1v) is 4.63. The minimum absolute atomic E-state index is 0. The van der Waals surface area contributed by atoms with Crippen molar-refractivity contribution in [2.75, 3.05) is 6.61 Å². The van der Waals surface area contributed by atoms with Crippen molar-refractivity contribution in [3.8, 4) is 0 Å². The number of carbonyl (C=O) groups is 4. The Labute approximate surface area is 122 Å². The number of carboxylic acids is 3. The van der Waals surface area contributed by atoms with Crippen molar-refractivity contribution < 1.29 is 39.2 Å². The number of rotatable bonds is 1. The smallest absolute Gasteiger partial charge is 0.550 e. The van der Waals surface area contributed by atoms with E-state index in [1.165, 1.54) is 6.92 Å². The van der Waals surface area contributed by atoms with Crippen LogP contribution in [0, 0.1) is 0 Å². The Morgan fingerprint density at radius 1 is 0.789 bits per heavy atom. The van der Waals surface area contributed by atoms with E-state index in [1.54, 1.807) is 6.92 Å². The topological polar surface area (TPSA) is 147 Å². The van der Waals surface area contributed by atoms with Crippen LogP contribution < -0.4 is 15.3 Å². The molecular weight excluding hydrogens is 275 g/mol. The van der Waals surface area contributed by atoms with Crippen LogP contribution in [0.1, 0.15) is 34.6 Å². The van der Waals surface area contributed by atoms with Gasteiger partial charge in [-0.3, -0.25) is 4.79 Å². The predicted molar refractivity (Wildman–Crippen MR) is 60.1 cm³/mol. The maximum absolute atomic E-state index is 9.82. The third kappa shape index (κ3) is 1710. The fourth-order valence-corrected chi connectivity index (χ4v) is 0.203. The van der Waals surface area contributed by atoms with Gasteiger partial charge in [0.15, 0.2) is 0 Å². The molecule has 0 aliphatic carbocycles. The van der Waals surface area contributed by atoms with Crippen LogP contribution in [0.15, 0.2) is 0 Å². The number of ether oxygens (including phenoxy) is 1. The molecule has 0 unspecified atom stereocenters. The third-order valence-electron chi connectivity index (χ3n) is 0.348. The van der Waals surface area contributed by atoms with Crippen molar-refractivity contribution in [2.24, 2.45) is 0 Å². The average Bonchev–Trinajstić information content (AvgIpc) is 1.98. The first-order valence-electron chi connectivity index (χ1n) is 4.63. The number of esters is 1. The van der Waals surface area contributed by atoms with Crippen LogP contribution in [0.25, 0.3) is 0 Å². The average molecular weight is 292 g/mol. The van der Waals surface area contributed by atoms with Gasteiger partial charge in [-0.1, -0.05) is 0 Å². The Kier molecular flexibility index (Phi) is 40.5. The first-order chi connectivity index (χ1) is 7.97. The quantitative estimate of drug-likeness (QED) is 0.356. The Balaban J connectivity index is -0.0000000459. The summed E-state index contributed by atoms with van der Waals surface area (Å²) >= 11 is 0. The van der Waals surface area contributed by atoms with Gasteiger partial charge in [-0.25, -0.2) is 0 Å². The molecule has 0 aliphatic rings. The summed E-state index contributed by atoms with van der Waals surface area (Å²) in [6.45, 7) is 6.57. The number of hydrogen-bond donors (Lipinski definition) is 0. The molecular formula is C10H17AlO8. The van der Waals surface area contributed by atoms with Gasteiger partial charge in [0, 0.05) is 24.8 Å². The minimum Gasteiger partial charge on any atom is -0.550 e. The standard InChI is InChI=1S/C4H8O2.3C2H4O2.Al/c1-3-6-4(2)5;3*1-2(3)4;/h3H2,1-2H3;3*1H3,(H,3,4);/q;;;;+3/p-3. The fraction of sp³-hybridized carbons (Fsp3) is 0.600. The molecule has 19 heavy (non-hydrogen) atoms. The van der Waals surface area contributed by atoms with E-state index in [0.717, 1.165) is 20.8 Å². The Morgan fingerprint density at radius 3 is 0.947 bits per heavy atom. The van der Waals surface area contributed by atoms with Crippen molar-refractivity contribution in [3.05, 3.63) is 0 Å². The molecule has 0 aliphatic heterocycles. The van der Waals surface area contributed by atoms with Gasteiger partial charge < -0.3 is 34.4 Å². The molecule has 0 atom stereocenters. The van der Waals surface area contributed by atoms with E-state index in [9.17, 15) is 4.79 Å². The van der Waals surface area contributed by atoms with E-state index in [1.807, 2.05) is 0 Å². The summed E-state index contributed by atoms with van der Waals surface area (Å²) in [5.41, 5.74) is 0. The van der Waals surface area contributed by atoms with Crippen molar-refractivity contribution in [3.63, 3.8) is 0 Å². The SMILES string of the molecule is CC(=O)[O-].CC(=O)[O-].CC(=O)[O-].CCOC(C)=O.[Al+3]. The largest absolute Gasteiger partial charge is 3.00 e. The van der Waals surface area contributed by atoms with Crippen LogP contribution in [0.5, 0.6) is 0 Å². The summed E-state index contributed by atoms with van der Waals surface area (Å²) in [6, 6.07) is 0. The zero-order valence-electron chi connectivity index (χ0n) is 11.6. The minimum atomic E-state index is -1.08. The Morgan fingerprint density at radius 2 is 0.947 bits per heavy atom. The molecule has 0 aromatic carbocycles. The summed E-state index contributed by atoms with van der Waals surface area (Å²) in [6.07, 6.45) is 0. The maximum atomic E-state index is 9.82. The third-order valence-corrected chi connectivity index (χ3v) is 0.348. The van der Waals surface area contributed by atoms with Gasteiger partial charge in [0.1, 0.15) is 0 Å². The molecule has 0 bridgehead atoms. The van der Waals surface area contributed by atoms with E-state index in [-0.39, 0.29) is 23.3 Å². The maximum Gasteiger partial charge on any atom is 3.00 e. The van der Waals surface area contributed by atoms with Gasteiger partial charge in [0.2, 0.25) is 0 Å². The van der Waals surface area contributed by atoms with E-state index in [4.69, 9.17) is 29.7 Å².